The second kappa shape index (κ2) is 6.31. The lowest BCUT2D eigenvalue weighted by atomic mass is 9.91. The number of methoxy groups -OCH3 is 1. The Kier molecular flexibility index (Phi) is 4.74. The first-order valence-corrected chi connectivity index (χ1v) is 6.60. The molecule has 0 aliphatic carbocycles. The number of hydrogen-bond donors (Lipinski definition) is 1. The van der Waals surface area contributed by atoms with E-state index in [4.69, 9.17) is 15.0 Å². The van der Waals surface area contributed by atoms with Crippen molar-refractivity contribution in [3.63, 3.8) is 0 Å². The van der Waals surface area contributed by atoms with Crippen LogP contribution in [0.15, 0.2) is 10.6 Å². The monoisotopic (exact) mass is 253 g/mol. The fourth-order valence-corrected chi connectivity index (χ4v) is 2.51. The van der Waals surface area contributed by atoms with Crippen molar-refractivity contribution in [3.05, 3.63) is 17.5 Å². The SMILES string of the molecule is COCc1cc(CN2CCC(C(C)N)CC2)no1. The predicted octanol–water partition coefficient (Wildman–Crippen LogP) is 1.38. The molecule has 1 fully saturated rings. The Morgan fingerprint density at radius 1 is 1.56 bits per heavy atom. The van der Waals surface area contributed by atoms with E-state index in [0.717, 1.165) is 31.1 Å². The van der Waals surface area contributed by atoms with Crippen molar-refractivity contribution in [1.82, 2.24) is 10.1 Å². The highest BCUT2D eigenvalue weighted by molar-refractivity contribution is 5.04. The van der Waals surface area contributed by atoms with Gasteiger partial charge in [0.25, 0.3) is 0 Å². The number of rotatable bonds is 5. The molecule has 2 rings (SSSR count). The van der Waals surface area contributed by atoms with Gasteiger partial charge in [-0.3, -0.25) is 4.90 Å². The molecule has 0 aromatic carbocycles. The predicted molar refractivity (Wildman–Crippen MR) is 68.9 cm³/mol. The fraction of sp³-hybridized carbons (Fsp3) is 0.769. The third-order valence-electron chi connectivity index (χ3n) is 3.66. The Bertz CT molecular complexity index is 357. The van der Waals surface area contributed by atoms with Crippen LogP contribution in [0.2, 0.25) is 0 Å². The molecule has 2 heterocycles. The molecule has 0 saturated carbocycles. The van der Waals surface area contributed by atoms with Crippen LogP contribution in [0.5, 0.6) is 0 Å². The van der Waals surface area contributed by atoms with Crippen LogP contribution >= 0.6 is 0 Å². The summed E-state index contributed by atoms with van der Waals surface area (Å²) in [7, 11) is 1.65. The highest BCUT2D eigenvalue weighted by atomic mass is 16.5. The van der Waals surface area contributed by atoms with E-state index in [0.29, 0.717) is 18.6 Å². The van der Waals surface area contributed by atoms with Gasteiger partial charge in [-0.2, -0.15) is 0 Å². The lowest BCUT2D eigenvalue weighted by Crippen LogP contribution is -2.39. The Morgan fingerprint density at radius 3 is 2.89 bits per heavy atom. The Morgan fingerprint density at radius 2 is 2.28 bits per heavy atom. The Balaban J connectivity index is 1.80. The van der Waals surface area contributed by atoms with Gasteiger partial charge in [-0.1, -0.05) is 5.16 Å². The second-order valence-electron chi connectivity index (χ2n) is 5.19. The molecule has 1 aromatic heterocycles. The summed E-state index contributed by atoms with van der Waals surface area (Å²) in [5.74, 6) is 1.46. The van der Waals surface area contributed by atoms with Crippen LogP contribution in [0, 0.1) is 5.92 Å². The molecule has 0 amide bonds. The van der Waals surface area contributed by atoms with Gasteiger partial charge < -0.3 is 15.0 Å². The number of ether oxygens (including phenoxy) is 1. The minimum atomic E-state index is 0.313. The average molecular weight is 253 g/mol. The van der Waals surface area contributed by atoms with E-state index < -0.39 is 0 Å². The third-order valence-corrected chi connectivity index (χ3v) is 3.66. The van der Waals surface area contributed by atoms with Crippen molar-refractivity contribution < 1.29 is 9.26 Å². The zero-order valence-corrected chi connectivity index (χ0v) is 11.3. The van der Waals surface area contributed by atoms with Crippen molar-refractivity contribution in [2.75, 3.05) is 20.2 Å². The number of likely N-dealkylation sites (tertiary alicyclic amines) is 1. The first-order chi connectivity index (χ1) is 8.69. The van der Waals surface area contributed by atoms with E-state index >= 15 is 0 Å². The molecule has 0 radical (unpaired) electrons. The quantitative estimate of drug-likeness (QED) is 0.859. The molecular weight excluding hydrogens is 230 g/mol. The summed E-state index contributed by atoms with van der Waals surface area (Å²) in [4.78, 5) is 2.41. The van der Waals surface area contributed by atoms with Gasteiger partial charge in [0, 0.05) is 25.8 Å². The van der Waals surface area contributed by atoms with E-state index in [9.17, 15) is 0 Å². The summed E-state index contributed by atoms with van der Waals surface area (Å²) in [5, 5.41) is 4.06. The first kappa shape index (κ1) is 13.5. The first-order valence-electron chi connectivity index (χ1n) is 6.60. The molecule has 2 N–H and O–H groups in total. The zero-order chi connectivity index (χ0) is 13.0. The van der Waals surface area contributed by atoms with Crippen molar-refractivity contribution in [2.24, 2.45) is 11.7 Å². The van der Waals surface area contributed by atoms with Gasteiger partial charge in [-0.05, 0) is 38.8 Å². The summed E-state index contributed by atoms with van der Waals surface area (Å²) in [6.45, 7) is 5.64. The maximum atomic E-state index is 5.94. The molecule has 102 valence electrons. The van der Waals surface area contributed by atoms with Crippen molar-refractivity contribution in [3.8, 4) is 0 Å². The molecule has 5 heteroatoms. The standard InChI is InChI=1S/C13H23N3O2/c1-10(14)11-3-5-16(6-4-11)8-12-7-13(9-17-2)18-15-12/h7,10-11H,3-6,8-9,14H2,1-2H3. The molecule has 1 aromatic rings. The van der Waals surface area contributed by atoms with Gasteiger partial charge in [0.1, 0.15) is 6.61 Å². The minimum Gasteiger partial charge on any atom is -0.377 e. The van der Waals surface area contributed by atoms with Gasteiger partial charge in [0.2, 0.25) is 0 Å². The number of aromatic nitrogens is 1. The fourth-order valence-electron chi connectivity index (χ4n) is 2.51. The molecule has 1 unspecified atom stereocenters. The largest absolute Gasteiger partial charge is 0.377 e. The van der Waals surface area contributed by atoms with Gasteiger partial charge in [-0.15, -0.1) is 0 Å². The highest BCUT2D eigenvalue weighted by Crippen LogP contribution is 2.21. The molecule has 0 bridgehead atoms. The van der Waals surface area contributed by atoms with Crippen LogP contribution in [0.3, 0.4) is 0 Å². The maximum Gasteiger partial charge on any atom is 0.162 e. The summed E-state index contributed by atoms with van der Waals surface area (Å²) >= 11 is 0. The second-order valence-corrected chi connectivity index (χ2v) is 5.19. The zero-order valence-electron chi connectivity index (χ0n) is 11.3. The van der Waals surface area contributed by atoms with Crippen LogP contribution in [0.1, 0.15) is 31.2 Å². The number of nitrogens with zero attached hydrogens (tertiary/aromatic N) is 2. The summed E-state index contributed by atoms with van der Waals surface area (Å²) in [6, 6.07) is 2.29. The van der Waals surface area contributed by atoms with E-state index in [1.165, 1.54) is 12.8 Å². The molecule has 0 spiro atoms. The van der Waals surface area contributed by atoms with Gasteiger partial charge in [-0.25, -0.2) is 0 Å². The van der Waals surface area contributed by atoms with Gasteiger partial charge in [0.05, 0.1) is 5.69 Å². The van der Waals surface area contributed by atoms with Crippen LogP contribution < -0.4 is 5.73 Å². The molecule has 18 heavy (non-hydrogen) atoms. The van der Waals surface area contributed by atoms with Crippen LogP contribution in [-0.4, -0.2) is 36.3 Å². The highest BCUT2D eigenvalue weighted by Gasteiger charge is 2.22. The van der Waals surface area contributed by atoms with Crippen molar-refractivity contribution >= 4 is 0 Å². The molecule has 1 saturated heterocycles. The van der Waals surface area contributed by atoms with Crippen LogP contribution in [-0.2, 0) is 17.9 Å². The Labute approximate surface area is 108 Å². The van der Waals surface area contributed by atoms with E-state index in [1.807, 2.05) is 6.07 Å². The van der Waals surface area contributed by atoms with Crippen molar-refractivity contribution in [2.45, 2.75) is 39.0 Å². The number of piperidine rings is 1. The van der Waals surface area contributed by atoms with E-state index in [2.05, 4.69) is 17.0 Å². The van der Waals surface area contributed by atoms with Crippen LogP contribution in [0.4, 0.5) is 0 Å². The molecule has 1 aliphatic rings. The number of nitrogens with two attached hydrogens (primary N) is 1. The normalized spacial score (nSPS) is 20.2. The Hall–Kier alpha value is -0.910. The van der Waals surface area contributed by atoms with Crippen LogP contribution in [0.25, 0.3) is 0 Å². The molecule has 1 aliphatic heterocycles. The van der Waals surface area contributed by atoms with Gasteiger partial charge in [0.15, 0.2) is 5.76 Å². The maximum absolute atomic E-state index is 5.94. The third kappa shape index (κ3) is 3.54. The lowest BCUT2D eigenvalue weighted by Gasteiger charge is -2.33. The van der Waals surface area contributed by atoms with Gasteiger partial charge >= 0.3 is 0 Å². The van der Waals surface area contributed by atoms with E-state index in [-0.39, 0.29) is 0 Å². The molecular formula is C13H23N3O2. The van der Waals surface area contributed by atoms with Crippen molar-refractivity contribution in [1.29, 1.82) is 0 Å². The van der Waals surface area contributed by atoms with E-state index in [1.54, 1.807) is 7.11 Å². The summed E-state index contributed by atoms with van der Waals surface area (Å²) < 4.78 is 10.2. The molecule has 1 atom stereocenters. The topological polar surface area (TPSA) is 64.5 Å². The molecule has 5 nitrogen and oxygen atoms in total. The average Bonchev–Trinajstić information content (AvgIpc) is 2.78. The summed E-state index contributed by atoms with van der Waals surface area (Å²) in [6.07, 6.45) is 2.36. The summed E-state index contributed by atoms with van der Waals surface area (Å²) in [5.41, 5.74) is 6.93. The number of hydrogen-bond acceptors (Lipinski definition) is 5. The lowest BCUT2D eigenvalue weighted by molar-refractivity contribution is 0.153. The minimum absolute atomic E-state index is 0.313. The smallest absolute Gasteiger partial charge is 0.162 e.